The molecule has 0 spiro atoms. The van der Waals surface area contributed by atoms with Crippen LogP contribution in [-0.4, -0.2) is 52.0 Å². The number of aliphatic hydroxyl groups excluding tert-OH is 2. The molecule has 2 aliphatic rings. The largest absolute Gasteiger partial charge is 0.497 e. The van der Waals surface area contributed by atoms with Crippen molar-refractivity contribution in [3.63, 3.8) is 0 Å². The van der Waals surface area contributed by atoms with Gasteiger partial charge in [0.25, 0.3) is 5.91 Å². The summed E-state index contributed by atoms with van der Waals surface area (Å²) < 4.78 is 10.7. The van der Waals surface area contributed by atoms with Crippen molar-refractivity contribution >= 4 is 22.6 Å². The van der Waals surface area contributed by atoms with Crippen molar-refractivity contribution in [2.45, 2.75) is 50.5 Å². The van der Waals surface area contributed by atoms with Crippen molar-refractivity contribution < 1.29 is 24.5 Å². The highest BCUT2D eigenvalue weighted by atomic mass is 16.5. The molecule has 9 heteroatoms. The lowest BCUT2D eigenvalue weighted by atomic mass is 9.79. The number of pyridine rings is 2. The minimum Gasteiger partial charge on any atom is -0.497 e. The maximum Gasteiger partial charge on any atom is 0.263 e. The van der Waals surface area contributed by atoms with Gasteiger partial charge in [-0.1, -0.05) is 0 Å². The maximum atomic E-state index is 11.5. The van der Waals surface area contributed by atoms with E-state index in [4.69, 9.17) is 9.47 Å². The van der Waals surface area contributed by atoms with Crippen molar-refractivity contribution in [3.05, 3.63) is 53.9 Å². The quantitative estimate of drug-likeness (QED) is 0.408. The highest BCUT2D eigenvalue weighted by molar-refractivity contribution is 5.94. The van der Waals surface area contributed by atoms with Crippen LogP contribution in [0.25, 0.3) is 10.9 Å². The van der Waals surface area contributed by atoms with Gasteiger partial charge in [-0.25, -0.2) is 4.98 Å². The molecule has 0 saturated heterocycles. The first-order valence-electron chi connectivity index (χ1n) is 12.0. The second-order valence-electron chi connectivity index (χ2n) is 9.20. The number of anilines is 1. The lowest BCUT2D eigenvalue weighted by Gasteiger charge is -2.34. The zero-order valence-electron chi connectivity index (χ0n) is 19.6. The van der Waals surface area contributed by atoms with Crippen LogP contribution in [0.5, 0.6) is 11.5 Å². The van der Waals surface area contributed by atoms with E-state index >= 15 is 0 Å². The number of aromatic nitrogens is 2. The third-order valence-corrected chi connectivity index (χ3v) is 6.98. The van der Waals surface area contributed by atoms with Crippen LogP contribution in [-0.2, 0) is 11.3 Å². The van der Waals surface area contributed by atoms with Crippen molar-refractivity contribution in [1.29, 1.82) is 0 Å². The van der Waals surface area contributed by atoms with E-state index in [1.165, 1.54) is 0 Å². The molecule has 1 aromatic carbocycles. The average molecular weight is 479 g/mol. The molecule has 184 valence electrons. The Morgan fingerprint density at radius 3 is 2.80 bits per heavy atom. The van der Waals surface area contributed by atoms with Gasteiger partial charge < -0.3 is 30.3 Å². The number of benzene rings is 1. The van der Waals surface area contributed by atoms with Crippen molar-refractivity contribution in [2.24, 2.45) is 5.92 Å². The van der Waals surface area contributed by atoms with E-state index in [9.17, 15) is 15.0 Å². The molecule has 1 aliphatic carbocycles. The summed E-state index contributed by atoms with van der Waals surface area (Å²) in [5.41, 5.74) is 2.24. The summed E-state index contributed by atoms with van der Waals surface area (Å²) >= 11 is 0. The number of hydrogen-bond acceptors (Lipinski definition) is 8. The molecule has 9 nitrogen and oxygen atoms in total. The second kappa shape index (κ2) is 10.2. The normalized spacial score (nSPS) is 21.5. The molecule has 0 radical (unpaired) electrons. The van der Waals surface area contributed by atoms with E-state index in [-0.39, 0.29) is 18.4 Å². The molecule has 0 unspecified atom stereocenters. The molecule has 3 aromatic rings. The van der Waals surface area contributed by atoms with Gasteiger partial charge in [-0.2, -0.15) is 0 Å². The van der Waals surface area contributed by atoms with Crippen molar-refractivity contribution in [3.8, 4) is 11.5 Å². The number of fused-ring (bicyclic) bond motifs is 2. The third kappa shape index (κ3) is 5.07. The average Bonchev–Trinajstić information content (AvgIpc) is 2.90. The number of amides is 1. The molecule has 1 amide bonds. The van der Waals surface area contributed by atoms with Gasteiger partial charge in [0.2, 0.25) is 0 Å². The van der Waals surface area contributed by atoms with E-state index in [2.05, 4.69) is 20.6 Å². The highest BCUT2D eigenvalue weighted by Gasteiger charge is 2.32. The Morgan fingerprint density at radius 1 is 1.17 bits per heavy atom. The molecule has 2 atom stereocenters. The van der Waals surface area contributed by atoms with Gasteiger partial charge in [0, 0.05) is 24.2 Å². The molecule has 4 N–H and O–H groups in total. The number of aliphatic hydroxyl groups is 2. The number of carbonyl (C=O) groups excluding carboxylic acids is 1. The summed E-state index contributed by atoms with van der Waals surface area (Å²) in [5, 5.41) is 29.1. The van der Waals surface area contributed by atoms with Gasteiger partial charge in [0.15, 0.2) is 18.2 Å². The summed E-state index contributed by atoms with van der Waals surface area (Å²) in [7, 11) is 1.60. The number of ether oxygens (including phenoxy) is 2. The predicted molar refractivity (Wildman–Crippen MR) is 130 cm³/mol. The Balaban J connectivity index is 1.17. The van der Waals surface area contributed by atoms with Crippen LogP contribution in [0.3, 0.4) is 0 Å². The van der Waals surface area contributed by atoms with E-state index in [0.29, 0.717) is 35.5 Å². The standard InChI is InChI=1S/C26H30N4O5/c1-34-18-7-8-21-20(12-18)19(10-11-27-21)25(33)24(32)15-2-4-16(5-3-15)28-13-17-6-9-22-26(29-17)30-23(31)14-35-22/h6-12,15-16,24-25,28,32-33H,2-5,13-14H2,1H3,(H,29,30,31)/t15?,16?,24-,25-/m1/s1. The fourth-order valence-corrected chi connectivity index (χ4v) is 4.99. The summed E-state index contributed by atoms with van der Waals surface area (Å²) in [6.07, 6.45) is 3.20. The smallest absolute Gasteiger partial charge is 0.263 e. The fourth-order valence-electron chi connectivity index (χ4n) is 4.99. The van der Waals surface area contributed by atoms with Crippen LogP contribution < -0.4 is 20.1 Å². The minimum absolute atomic E-state index is 0.00565. The lowest BCUT2D eigenvalue weighted by Crippen LogP contribution is -2.37. The van der Waals surface area contributed by atoms with E-state index in [1.54, 1.807) is 19.4 Å². The number of nitrogens with zero attached hydrogens (tertiary/aromatic N) is 2. The zero-order chi connectivity index (χ0) is 24.4. The number of nitrogens with one attached hydrogen (secondary N) is 2. The molecule has 35 heavy (non-hydrogen) atoms. The van der Waals surface area contributed by atoms with E-state index in [0.717, 1.165) is 42.3 Å². The van der Waals surface area contributed by atoms with Crippen LogP contribution in [0.4, 0.5) is 5.82 Å². The van der Waals surface area contributed by atoms with Crippen LogP contribution in [0.1, 0.15) is 43.0 Å². The van der Waals surface area contributed by atoms with Gasteiger partial charge >= 0.3 is 0 Å². The molecule has 3 heterocycles. The summed E-state index contributed by atoms with van der Waals surface area (Å²) in [5.74, 6) is 1.53. The van der Waals surface area contributed by atoms with E-state index < -0.39 is 12.2 Å². The van der Waals surface area contributed by atoms with Crippen molar-refractivity contribution in [1.82, 2.24) is 15.3 Å². The Labute approximate surface area is 203 Å². The Kier molecular flexibility index (Phi) is 6.81. The maximum absolute atomic E-state index is 11.5. The van der Waals surface area contributed by atoms with Crippen LogP contribution in [0.2, 0.25) is 0 Å². The number of carbonyl (C=O) groups is 1. The Morgan fingerprint density at radius 2 is 2.00 bits per heavy atom. The Bertz CT molecular complexity index is 1210. The topological polar surface area (TPSA) is 126 Å². The van der Waals surface area contributed by atoms with Crippen molar-refractivity contribution in [2.75, 3.05) is 19.0 Å². The highest BCUT2D eigenvalue weighted by Crippen LogP contribution is 2.35. The first kappa shape index (κ1) is 23.5. The second-order valence-corrected chi connectivity index (χ2v) is 9.20. The minimum atomic E-state index is -1.00. The fraction of sp³-hybridized carbons (Fsp3) is 0.423. The van der Waals surface area contributed by atoms with Gasteiger partial charge in [-0.3, -0.25) is 9.78 Å². The third-order valence-electron chi connectivity index (χ3n) is 6.98. The van der Waals surface area contributed by atoms with Gasteiger partial charge in [0.1, 0.15) is 11.9 Å². The number of methoxy groups -OCH3 is 1. The molecular weight excluding hydrogens is 448 g/mol. The molecule has 5 rings (SSSR count). The molecule has 0 bridgehead atoms. The molecular formula is C26H30N4O5. The van der Waals surface area contributed by atoms with Crippen LogP contribution >= 0.6 is 0 Å². The molecule has 1 fully saturated rings. The first-order valence-corrected chi connectivity index (χ1v) is 12.0. The zero-order valence-corrected chi connectivity index (χ0v) is 19.6. The van der Waals surface area contributed by atoms with E-state index in [1.807, 2.05) is 30.3 Å². The van der Waals surface area contributed by atoms with Crippen LogP contribution in [0, 0.1) is 5.92 Å². The monoisotopic (exact) mass is 478 g/mol. The number of hydrogen-bond donors (Lipinski definition) is 4. The summed E-state index contributed by atoms with van der Waals surface area (Å²) in [6.45, 7) is 0.593. The molecule has 1 saturated carbocycles. The molecule has 1 aliphatic heterocycles. The predicted octanol–water partition coefficient (Wildman–Crippen LogP) is 2.71. The van der Waals surface area contributed by atoms with Crippen LogP contribution in [0.15, 0.2) is 42.6 Å². The van der Waals surface area contributed by atoms with Gasteiger partial charge in [-0.15, -0.1) is 0 Å². The lowest BCUT2D eigenvalue weighted by molar-refractivity contribution is -0.118. The Hall–Kier alpha value is -3.27. The first-order chi connectivity index (χ1) is 17.0. The molecule has 2 aromatic heterocycles. The summed E-state index contributed by atoms with van der Waals surface area (Å²) in [6, 6.07) is 11.3. The SMILES string of the molecule is COc1ccc2nccc([C@@H](O)[C@H](O)C3CCC(NCc4ccc5c(n4)NC(=O)CO5)CC3)c2c1. The summed E-state index contributed by atoms with van der Waals surface area (Å²) in [4.78, 5) is 20.4. The van der Waals surface area contributed by atoms with Gasteiger partial charge in [0.05, 0.1) is 24.4 Å². The van der Waals surface area contributed by atoms with Gasteiger partial charge in [-0.05, 0) is 73.6 Å². The number of rotatable bonds is 7.